The van der Waals surface area contributed by atoms with Crippen LogP contribution in [0.4, 0.5) is 5.69 Å². The number of hydrogen-bond acceptors (Lipinski definition) is 5. The molecule has 142 valence electrons. The van der Waals surface area contributed by atoms with E-state index in [0.717, 1.165) is 31.9 Å². The summed E-state index contributed by atoms with van der Waals surface area (Å²) >= 11 is 0. The molecule has 1 N–H and O–H groups in total. The Bertz CT molecular complexity index is 1020. The highest BCUT2D eigenvalue weighted by Gasteiger charge is 2.44. The van der Waals surface area contributed by atoms with Gasteiger partial charge in [-0.2, -0.15) is 0 Å². The average Bonchev–Trinajstić information content (AvgIpc) is 3.19. The van der Waals surface area contributed by atoms with Gasteiger partial charge in [-0.25, -0.2) is 8.42 Å². The van der Waals surface area contributed by atoms with E-state index in [1.54, 1.807) is 31.2 Å². The number of aryl methyl sites for hydroxylation is 1. The number of amides is 1. The number of fused-ring (bicyclic) bond motifs is 1. The van der Waals surface area contributed by atoms with Crippen molar-refractivity contribution in [3.63, 3.8) is 0 Å². The maximum absolute atomic E-state index is 12.7. The van der Waals surface area contributed by atoms with Crippen LogP contribution in [-0.2, 0) is 9.84 Å². The number of anilines is 1. The fourth-order valence-corrected chi connectivity index (χ4v) is 4.21. The highest BCUT2D eigenvalue weighted by molar-refractivity contribution is 7.90. The summed E-state index contributed by atoms with van der Waals surface area (Å²) in [5, 5.41) is 2.82. The van der Waals surface area contributed by atoms with Crippen LogP contribution < -0.4 is 14.8 Å². The van der Waals surface area contributed by atoms with Gasteiger partial charge in [0.05, 0.1) is 4.90 Å². The molecule has 2 aliphatic rings. The Hall–Kier alpha value is -2.54. The highest BCUT2D eigenvalue weighted by atomic mass is 32.2. The lowest BCUT2D eigenvalue weighted by Gasteiger charge is -2.21. The summed E-state index contributed by atoms with van der Waals surface area (Å²) in [6, 6.07) is 9.83. The minimum Gasteiger partial charge on any atom is -0.448 e. The lowest BCUT2D eigenvalue weighted by Crippen LogP contribution is -2.34. The van der Waals surface area contributed by atoms with Crippen LogP contribution >= 0.6 is 0 Å². The predicted molar refractivity (Wildman–Crippen MR) is 101 cm³/mol. The van der Waals surface area contributed by atoms with Crippen molar-refractivity contribution in [2.24, 2.45) is 0 Å². The lowest BCUT2D eigenvalue weighted by atomic mass is 10.1. The molecule has 1 heterocycles. The lowest BCUT2D eigenvalue weighted by molar-refractivity contribution is -0.0716. The zero-order chi connectivity index (χ0) is 19.2. The molecule has 1 aliphatic heterocycles. The SMILES string of the molecule is Cc1ccc(S(C)(=O)=O)cc1C(=O)Nc1ccc2c(c1)OC1(CCCC1)O2. The van der Waals surface area contributed by atoms with Gasteiger partial charge in [0.25, 0.3) is 11.7 Å². The minimum absolute atomic E-state index is 0.118. The number of sulfone groups is 1. The number of hydrogen-bond donors (Lipinski definition) is 1. The largest absolute Gasteiger partial charge is 0.448 e. The number of rotatable bonds is 3. The van der Waals surface area contributed by atoms with Crippen molar-refractivity contribution in [1.82, 2.24) is 0 Å². The Morgan fingerprint density at radius 1 is 1.04 bits per heavy atom. The molecule has 0 aromatic heterocycles. The first-order chi connectivity index (χ1) is 12.8. The molecule has 2 aromatic carbocycles. The molecule has 6 nitrogen and oxygen atoms in total. The molecule has 0 saturated heterocycles. The molecule has 1 spiro atoms. The van der Waals surface area contributed by atoms with Crippen molar-refractivity contribution in [2.75, 3.05) is 11.6 Å². The fraction of sp³-hybridized carbons (Fsp3) is 0.350. The molecule has 27 heavy (non-hydrogen) atoms. The summed E-state index contributed by atoms with van der Waals surface area (Å²) in [6.07, 6.45) is 5.00. The third kappa shape index (κ3) is 3.39. The van der Waals surface area contributed by atoms with Gasteiger partial charge in [-0.1, -0.05) is 6.07 Å². The van der Waals surface area contributed by atoms with Crippen LogP contribution in [0.2, 0.25) is 0 Å². The molecule has 1 amide bonds. The van der Waals surface area contributed by atoms with Crippen LogP contribution in [0, 0.1) is 6.92 Å². The first kappa shape index (κ1) is 17.9. The van der Waals surface area contributed by atoms with Crippen molar-refractivity contribution >= 4 is 21.4 Å². The summed E-state index contributed by atoms with van der Waals surface area (Å²) < 4.78 is 35.5. The zero-order valence-corrected chi connectivity index (χ0v) is 16.1. The van der Waals surface area contributed by atoms with Gasteiger partial charge in [0.2, 0.25) is 0 Å². The number of carbonyl (C=O) groups excluding carboxylic acids is 1. The van der Waals surface area contributed by atoms with E-state index < -0.39 is 15.6 Å². The molecule has 4 rings (SSSR count). The number of nitrogens with one attached hydrogen (secondary N) is 1. The smallest absolute Gasteiger partial charge is 0.255 e. The van der Waals surface area contributed by atoms with E-state index in [1.807, 2.05) is 0 Å². The van der Waals surface area contributed by atoms with Gasteiger partial charge < -0.3 is 14.8 Å². The normalized spacial score (nSPS) is 17.3. The molecule has 1 aliphatic carbocycles. The Labute approximate surface area is 158 Å². The summed E-state index contributed by atoms with van der Waals surface area (Å²) in [6.45, 7) is 1.77. The maximum atomic E-state index is 12.7. The van der Waals surface area contributed by atoms with E-state index in [1.165, 1.54) is 12.1 Å². The second-order valence-corrected chi connectivity index (χ2v) is 9.20. The van der Waals surface area contributed by atoms with Gasteiger partial charge in [-0.05, 0) is 49.6 Å². The van der Waals surface area contributed by atoms with Gasteiger partial charge in [-0.3, -0.25) is 4.79 Å². The standard InChI is InChI=1S/C20H21NO5S/c1-13-5-7-15(27(2,23)24)12-16(13)19(22)21-14-6-8-17-18(11-14)26-20(25-17)9-3-4-10-20/h5-8,11-12H,3-4,9-10H2,1-2H3,(H,21,22). The predicted octanol–water partition coefficient (Wildman–Crippen LogP) is 3.69. The van der Waals surface area contributed by atoms with Gasteiger partial charge in [0.15, 0.2) is 21.3 Å². The molecule has 0 bridgehead atoms. The number of carbonyl (C=O) groups is 1. The van der Waals surface area contributed by atoms with Crippen molar-refractivity contribution < 1.29 is 22.7 Å². The summed E-state index contributed by atoms with van der Waals surface area (Å²) in [7, 11) is -3.39. The summed E-state index contributed by atoms with van der Waals surface area (Å²) in [4.78, 5) is 12.8. The van der Waals surface area contributed by atoms with E-state index in [4.69, 9.17) is 9.47 Å². The Balaban J connectivity index is 1.57. The fourth-order valence-electron chi connectivity index (χ4n) is 3.56. The second kappa shape index (κ2) is 6.27. The minimum atomic E-state index is -3.39. The van der Waals surface area contributed by atoms with E-state index in [9.17, 15) is 13.2 Å². The summed E-state index contributed by atoms with van der Waals surface area (Å²) in [5.74, 6) is 0.389. The van der Waals surface area contributed by atoms with Crippen LogP contribution in [0.25, 0.3) is 0 Å². The van der Waals surface area contributed by atoms with Crippen LogP contribution in [0.1, 0.15) is 41.6 Å². The van der Waals surface area contributed by atoms with Crippen LogP contribution in [0.5, 0.6) is 11.5 Å². The molecule has 0 radical (unpaired) electrons. The van der Waals surface area contributed by atoms with Crippen molar-refractivity contribution in [3.8, 4) is 11.5 Å². The van der Waals surface area contributed by atoms with Crippen LogP contribution in [-0.4, -0.2) is 26.4 Å². The van der Waals surface area contributed by atoms with Gasteiger partial charge in [-0.15, -0.1) is 0 Å². The topological polar surface area (TPSA) is 81.7 Å². The third-order valence-corrected chi connectivity index (χ3v) is 6.15. The number of ether oxygens (including phenoxy) is 2. The first-order valence-electron chi connectivity index (χ1n) is 8.90. The van der Waals surface area contributed by atoms with Gasteiger partial charge in [0, 0.05) is 36.4 Å². The Morgan fingerprint density at radius 2 is 1.74 bits per heavy atom. The zero-order valence-electron chi connectivity index (χ0n) is 15.2. The Morgan fingerprint density at radius 3 is 2.44 bits per heavy atom. The van der Waals surface area contributed by atoms with E-state index >= 15 is 0 Å². The summed E-state index contributed by atoms with van der Waals surface area (Å²) in [5.41, 5.74) is 1.59. The molecule has 2 aromatic rings. The molecule has 7 heteroatoms. The van der Waals surface area contributed by atoms with E-state index in [-0.39, 0.29) is 10.8 Å². The van der Waals surface area contributed by atoms with Crippen LogP contribution in [0.15, 0.2) is 41.3 Å². The molecular weight excluding hydrogens is 366 g/mol. The van der Waals surface area contributed by atoms with Gasteiger partial charge in [0.1, 0.15) is 0 Å². The quantitative estimate of drug-likeness (QED) is 0.869. The number of benzene rings is 2. The van der Waals surface area contributed by atoms with Crippen LogP contribution in [0.3, 0.4) is 0 Å². The van der Waals surface area contributed by atoms with Gasteiger partial charge >= 0.3 is 0 Å². The Kier molecular flexibility index (Phi) is 4.14. The van der Waals surface area contributed by atoms with Crippen molar-refractivity contribution in [2.45, 2.75) is 43.3 Å². The van der Waals surface area contributed by atoms with Crippen molar-refractivity contribution in [1.29, 1.82) is 0 Å². The molecule has 0 unspecified atom stereocenters. The molecule has 0 atom stereocenters. The van der Waals surface area contributed by atoms with E-state index in [2.05, 4.69) is 5.32 Å². The maximum Gasteiger partial charge on any atom is 0.255 e. The highest BCUT2D eigenvalue weighted by Crippen LogP contribution is 2.47. The molecular formula is C20H21NO5S. The van der Waals surface area contributed by atoms with Crippen molar-refractivity contribution in [3.05, 3.63) is 47.5 Å². The second-order valence-electron chi connectivity index (χ2n) is 7.19. The monoisotopic (exact) mass is 387 g/mol. The van der Waals surface area contributed by atoms with E-state index in [0.29, 0.717) is 28.3 Å². The third-order valence-electron chi connectivity index (χ3n) is 5.04. The first-order valence-corrected chi connectivity index (χ1v) is 10.8. The molecule has 1 saturated carbocycles. The average molecular weight is 387 g/mol. The molecule has 1 fully saturated rings.